The van der Waals surface area contributed by atoms with Crippen LogP contribution < -0.4 is 52.7 Å². The monoisotopic (exact) mass is 1450 g/mol. The Balaban J connectivity index is 0.862. The highest BCUT2D eigenvalue weighted by molar-refractivity contribution is 7.25. The van der Waals surface area contributed by atoms with Crippen LogP contribution in [0.3, 0.4) is 0 Å². The first-order chi connectivity index (χ1) is 49.4. The molecule has 0 radical (unpaired) electrons. The van der Waals surface area contributed by atoms with E-state index in [0.717, 1.165) is 21.9 Å². The summed E-state index contributed by atoms with van der Waals surface area (Å²) < 4.78 is 24.6. The normalized spacial score (nSPS) is 24.3. The molecule has 9 amide bonds. The number of methoxy groups -OCH3 is 1. The summed E-state index contributed by atoms with van der Waals surface area (Å²) in [7, 11) is 1.43. The number of amides is 9. The highest BCUT2D eigenvalue weighted by atomic mass is 32.1. The van der Waals surface area contributed by atoms with Gasteiger partial charge in [0.25, 0.3) is 23.5 Å². The van der Waals surface area contributed by atoms with E-state index in [1.54, 1.807) is 91.0 Å². The number of nitrogens with two attached hydrogens (primary N) is 1. The van der Waals surface area contributed by atoms with E-state index < -0.39 is 113 Å². The number of aliphatic hydroxyl groups excluding tert-OH is 3. The molecule has 0 aliphatic carbocycles. The summed E-state index contributed by atoms with van der Waals surface area (Å²) in [5.41, 5.74) is 6.87. The molecule has 1 saturated heterocycles. The van der Waals surface area contributed by atoms with Gasteiger partial charge in [0.15, 0.2) is 11.2 Å². The van der Waals surface area contributed by atoms with Gasteiger partial charge in [-0.25, -0.2) is 14.6 Å². The predicted molar refractivity (Wildman–Crippen MR) is 391 cm³/mol. The van der Waals surface area contributed by atoms with Gasteiger partial charge in [-0.15, -0.1) is 11.3 Å². The van der Waals surface area contributed by atoms with Gasteiger partial charge < -0.3 is 81.9 Å². The van der Waals surface area contributed by atoms with E-state index in [9.17, 15) is 68.4 Å². The number of carbonyl (C=O) groups is 9. The molecule has 0 spiro atoms. The number of phenolic OH excluding ortho intramolecular Hbond substituents is 1. The molecule has 9 rings (SSSR count). The van der Waals surface area contributed by atoms with Crippen LogP contribution in [0.2, 0.25) is 0 Å². The van der Waals surface area contributed by atoms with E-state index in [1.165, 1.54) is 51.5 Å². The molecule has 11 atom stereocenters. The van der Waals surface area contributed by atoms with Gasteiger partial charge >= 0.3 is 17.9 Å². The highest BCUT2D eigenvalue weighted by Gasteiger charge is 2.50. The summed E-state index contributed by atoms with van der Waals surface area (Å²) in [4.78, 5) is 141. The number of nitrogens with one attached hydrogen (secondary N) is 6. The number of unbranched alkanes of at least 4 members (excludes halogenated alkanes) is 2. The maximum absolute atomic E-state index is 15.0. The van der Waals surface area contributed by atoms with Crippen LogP contribution in [0, 0.1) is 36.5 Å². The maximum atomic E-state index is 15.0. The van der Waals surface area contributed by atoms with Gasteiger partial charge in [0.1, 0.15) is 30.1 Å². The lowest BCUT2D eigenvalue weighted by Crippen LogP contribution is -2.54. The van der Waals surface area contributed by atoms with Crippen molar-refractivity contribution in [3.63, 3.8) is 0 Å². The molecular weight excluding hydrogens is 1360 g/mol. The minimum atomic E-state index is -2.06. The number of piperidine rings is 1. The van der Waals surface area contributed by atoms with Crippen LogP contribution in [0.4, 0.5) is 26.7 Å². The first-order valence-electron chi connectivity index (χ1n) is 35.1. The largest absolute Gasteiger partial charge is 0.505 e. The SMILES string of the molecule is CO[C@H]1/C=C/O[C@@]2(C)Oc3c(C)c(=O)c4c(O)c(c5sc6cc(N7CCC(NC(=O)OCc8ccc(NC(=O)[C@H](CCCNC(N)=O)NC(=O)[C@@H](NC(=O)CCCCCN9C(=O)C=CC9=O)C(C)C)cc8)CC7)ccc6nc5c4c3C2=O)NC(=O)/C(C)=C\C=C\[C@H](C)[C@H](O)[C@@H](C)[C@@H](O)[C@@H](C)[C@H](O)[C@@H]1C. The van der Waals surface area contributed by atoms with Crippen molar-refractivity contribution in [2.24, 2.45) is 35.3 Å². The Labute approximate surface area is 605 Å². The molecule has 0 saturated carbocycles. The number of primary amides is 1. The molecule has 104 heavy (non-hydrogen) atoms. The standard InChI is InChI=1S/C75H94N10O18S/c1-38(2)59(82-53(86)19-12-11-13-32-85-54(87)26-27-55(85)88)72(97)81-50(18-15-31-77-73(76)98)71(96)78-46-22-20-45(21-23-46)37-101-74(99)79-47-28-33-84(34-29-47)48-24-25-49-52(36-48)104-68-60(80-49)56-57-65(92)44(8)67-58(56)69(94)75(9,103-67)102-35-30-51(100-10)41(5)63(90)43(7)64(91)42(6)62(89)39(3)16-14-17-40(4)70(95)83-61(68)66(57)93/h14,16-17,20-27,30,35-36,38-39,41-43,47,50-51,59,62-64,89-91,93H,11-13,15,18-19,28-29,31-34,37H2,1-10H3,(H,78,96)(H,79,99)(H,81,97)(H,82,86)(H,83,95)(H3,76,77,98)/b16-14+,35-30+,40-17-/t39-,41+,42+,43-,50-,51-,59-,62-,63+,64+,75-/m0/s1. The number of hydrogen-bond donors (Lipinski definition) is 11. The first kappa shape index (κ1) is 78.3. The maximum Gasteiger partial charge on any atom is 0.407 e. The summed E-state index contributed by atoms with van der Waals surface area (Å²) in [6.45, 7) is 16.0. The van der Waals surface area contributed by atoms with Gasteiger partial charge in [0.2, 0.25) is 17.7 Å². The third kappa shape index (κ3) is 18.0. The minimum Gasteiger partial charge on any atom is -0.505 e. The molecule has 1 fully saturated rings. The Morgan fingerprint density at radius 3 is 2.20 bits per heavy atom. The minimum absolute atomic E-state index is 0.0135. The van der Waals surface area contributed by atoms with E-state index >= 15 is 0 Å². The Morgan fingerprint density at radius 2 is 1.53 bits per heavy atom. The summed E-state index contributed by atoms with van der Waals surface area (Å²) in [6, 6.07) is 9.05. The van der Waals surface area contributed by atoms with Crippen molar-refractivity contribution in [2.75, 3.05) is 48.8 Å². The zero-order chi connectivity index (χ0) is 75.6. The second-order valence-electron chi connectivity index (χ2n) is 27.7. The lowest BCUT2D eigenvalue weighted by molar-refractivity contribution is -0.137. The fraction of sp³-hybridized carbons (Fsp3) is 0.480. The number of imide groups is 1. The number of phenols is 1. The number of ether oxygens (including phenoxy) is 4. The number of carbonyl (C=O) groups excluding carboxylic acids is 9. The van der Waals surface area contributed by atoms with Gasteiger partial charge in [0.05, 0.1) is 62.1 Å². The van der Waals surface area contributed by atoms with Gasteiger partial charge in [0, 0.05) is 116 Å². The number of benzene rings is 4. The molecule has 0 unspecified atom stereocenters. The third-order valence-corrected chi connectivity index (χ3v) is 21.0. The Hall–Kier alpha value is -9.81. The zero-order valence-electron chi connectivity index (χ0n) is 60.0. The van der Waals surface area contributed by atoms with Crippen LogP contribution in [-0.4, -0.2) is 165 Å². The fourth-order valence-electron chi connectivity index (χ4n) is 13.4. The number of aromatic nitrogens is 1. The van der Waals surface area contributed by atoms with Crippen LogP contribution >= 0.6 is 11.3 Å². The highest BCUT2D eigenvalue weighted by Crippen LogP contribution is 2.50. The quantitative estimate of drug-likeness (QED) is 0.0113. The number of alkyl carbamates (subject to hydrolysis) is 1. The number of allylic oxidation sites excluding steroid dienone is 2. The molecule has 558 valence electrons. The molecule has 4 bridgehead atoms. The van der Waals surface area contributed by atoms with Crippen molar-refractivity contribution >= 4 is 113 Å². The van der Waals surface area contributed by atoms with Gasteiger partial charge in [-0.1, -0.05) is 78.3 Å². The number of hydrogen-bond acceptors (Lipinski definition) is 21. The van der Waals surface area contributed by atoms with Gasteiger partial charge in [-0.05, 0) is 100 Å². The van der Waals surface area contributed by atoms with Gasteiger partial charge in [-0.3, -0.25) is 43.3 Å². The van der Waals surface area contributed by atoms with Crippen molar-refractivity contribution in [1.29, 1.82) is 0 Å². The molecule has 4 aromatic carbocycles. The van der Waals surface area contributed by atoms with Crippen molar-refractivity contribution in [1.82, 2.24) is 31.2 Å². The number of anilines is 3. The first-order valence-corrected chi connectivity index (χ1v) is 35.9. The molecule has 28 nitrogen and oxygen atoms in total. The average Bonchev–Trinajstić information content (AvgIpc) is 1.47. The second-order valence-corrected chi connectivity index (χ2v) is 28.8. The zero-order valence-corrected chi connectivity index (χ0v) is 60.9. The summed E-state index contributed by atoms with van der Waals surface area (Å²) in [5.74, 6) is -9.36. The molecule has 4 aliphatic heterocycles. The molecular formula is C75H94N10O18S. The molecule has 4 aliphatic rings. The lowest BCUT2D eigenvalue weighted by atomic mass is 9.78. The number of rotatable bonds is 21. The van der Waals surface area contributed by atoms with Crippen LogP contribution in [0.1, 0.15) is 128 Å². The number of ketones is 1. The van der Waals surface area contributed by atoms with E-state index in [-0.39, 0.29) is 118 Å². The number of aromatic hydroxyl groups is 1. The second kappa shape index (κ2) is 34.2. The molecule has 29 heteroatoms. The molecule has 5 heterocycles. The van der Waals surface area contributed by atoms with Crippen molar-refractivity contribution in [3.05, 3.63) is 118 Å². The smallest absolute Gasteiger partial charge is 0.407 e. The lowest BCUT2D eigenvalue weighted by Gasteiger charge is -2.36. The van der Waals surface area contributed by atoms with E-state index in [2.05, 4.69) is 36.8 Å². The molecule has 5 aromatic rings. The number of nitrogens with zero attached hydrogens (tertiary/aromatic N) is 3. The summed E-state index contributed by atoms with van der Waals surface area (Å²) >= 11 is 1.16. The topological polar surface area (TPSA) is 406 Å². The summed E-state index contributed by atoms with van der Waals surface area (Å²) in [5, 5.41) is 63.2. The van der Waals surface area contributed by atoms with Crippen molar-refractivity contribution < 1.29 is 82.5 Å². The van der Waals surface area contributed by atoms with Crippen molar-refractivity contribution in [3.8, 4) is 11.5 Å². The summed E-state index contributed by atoms with van der Waals surface area (Å²) in [6.07, 6.45) is 8.18. The van der Waals surface area contributed by atoms with Gasteiger partial charge in [-0.2, -0.15) is 0 Å². The molecule has 1 aromatic heterocycles. The Kier molecular flexibility index (Phi) is 25.8. The third-order valence-electron chi connectivity index (χ3n) is 19.9. The van der Waals surface area contributed by atoms with Crippen molar-refractivity contribution in [2.45, 2.75) is 169 Å². The number of urea groups is 1. The predicted octanol–water partition coefficient (Wildman–Crippen LogP) is 7.29. The van der Waals surface area contributed by atoms with Crippen LogP contribution in [0.5, 0.6) is 11.5 Å². The van der Waals surface area contributed by atoms with E-state index in [4.69, 9.17) is 29.7 Å². The fourth-order valence-corrected chi connectivity index (χ4v) is 14.5. The average molecular weight is 1460 g/mol. The number of aliphatic hydroxyl groups is 3. The Morgan fingerprint density at radius 1 is 0.846 bits per heavy atom. The Bertz CT molecular complexity index is 4280. The number of fused-ring (bicyclic) bond motifs is 2. The van der Waals surface area contributed by atoms with Crippen LogP contribution in [0.25, 0.3) is 31.2 Å². The van der Waals surface area contributed by atoms with E-state index in [0.29, 0.717) is 66.7 Å². The van der Waals surface area contributed by atoms with Crippen LogP contribution in [0.15, 0.2) is 95.6 Å². The van der Waals surface area contributed by atoms with Crippen LogP contribution in [-0.2, 0) is 49.6 Å². The molecule has 12 N–H and O–H groups in total. The number of Topliss-reactive ketones (excluding diaryl/α,β-unsaturated/α-hetero) is 1. The van der Waals surface area contributed by atoms with E-state index in [1.807, 2.05) is 12.1 Å².